The second kappa shape index (κ2) is 4.72. The van der Waals surface area contributed by atoms with Gasteiger partial charge in [-0.1, -0.05) is 32.6 Å². The van der Waals surface area contributed by atoms with E-state index in [4.69, 9.17) is 23.2 Å². The molecule has 72 valence electrons. The van der Waals surface area contributed by atoms with Gasteiger partial charge in [0.05, 0.1) is 0 Å². The summed E-state index contributed by atoms with van der Waals surface area (Å²) in [5, 5.41) is 0. The van der Waals surface area contributed by atoms with Crippen molar-refractivity contribution in [3.05, 3.63) is 0 Å². The average Bonchev–Trinajstić information content (AvgIpc) is 2.06. The average molecular weight is 209 g/mol. The van der Waals surface area contributed by atoms with E-state index >= 15 is 0 Å². The first-order chi connectivity index (χ1) is 5.67. The molecule has 0 saturated heterocycles. The Labute approximate surface area is 85.6 Å². The van der Waals surface area contributed by atoms with Crippen molar-refractivity contribution in [2.75, 3.05) is 0 Å². The van der Waals surface area contributed by atoms with Gasteiger partial charge in [-0.05, 0) is 25.2 Å². The molecule has 1 rings (SSSR count). The third-order valence-corrected chi connectivity index (χ3v) is 3.78. The Morgan fingerprint density at radius 1 is 1.17 bits per heavy atom. The maximum atomic E-state index is 6.28. The van der Waals surface area contributed by atoms with E-state index in [1.54, 1.807) is 0 Å². The molecule has 0 radical (unpaired) electrons. The van der Waals surface area contributed by atoms with E-state index in [2.05, 4.69) is 6.92 Å². The molecule has 1 aliphatic rings. The van der Waals surface area contributed by atoms with Gasteiger partial charge in [0.1, 0.15) is 4.33 Å². The minimum absolute atomic E-state index is 0.435. The molecule has 0 unspecified atom stereocenters. The van der Waals surface area contributed by atoms with Gasteiger partial charge in [0.25, 0.3) is 0 Å². The molecule has 0 N–H and O–H groups in total. The van der Waals surface area contributed by atoms with Crippen molar-refractivity contribution in [3.8, 4) is 0 Å². The molecule has 2 heteroatoms. The van der Waals surface area contributed by atoms with Gasteiger partial charge < -0.3 is 0 Å². The van der Waals surface area contributed by atoms with Gasteiger partial charge in [0.15, 0.2) is 0 Å². The molecule has 0 heterocycles. The predicted molar refractivity (Wildman–Crippen MR) is 55.9 cm³/mol. The van der Waals surface area contributed by atoms with Crippen molar-refractivity contribution in [2.45, 2.75) is 56.2 Å². The number of hydrogen-bond donors (Lipinski definition) is 0. The fourth-order valence-electron chi connectivity index (χ4n) is 2.06. The molecule has 0 aromatic heterocycles. The fraction of sp³-hybridized carbons (Fsp3) is 1.00. The predicted octanol–water partition coefficient (Wildman–Crippen LogP) is 4.54. The molecule has 0 bridgehead atoms. The molecule has 0 nitrogen and oxygen atoms in total. The van der Waals surface area contributed by atoms with E-state index in [9.17, 15) is 0 Å². The number of rotatable bonds is 3. The largest absolute Gasteiger partial charge is 0.121 e. The third-order valence-electron chi connectivity index (χ3n) is 2.79. The standard InChI is InChI=1S/C10H18Cl2/c1-2-8-10(11,12)9-6-4-3-5-7-9/h9H,2-8H2,1H3. The lowest BCUT2D eigenvalue weighted by atomic mass is 9.85. The van der Waals surface area contributed by atoms with Gasteiger partial charge in [0, 0.05) is 0 Å². The van der Waals surface area contributed by atoms with Crippen molar-refractivity contribution in [3.63, 3.8) is 0 Å². The third kappa shape index (κ3) is 2.81. The highest BCUT2D eigenvalue weighted by molar-refractivity contribution is 6.48. The first-order valence-corrected chi connectivity index (χ1v) is 5.80. The van der Waals surface area contributed by atoms with Gasteiger partial charge in [-0.25, -0.2) is 0 Å². The summed E-state index contributed by atoms with van der Waals surface area (Å²) >= 11 is 12.6. The van der Waals surface area contributed by atoms with Crippen LogP contribution in [0.5, 0.6) is 0 Å². The number of hydrogen-bond acceptors (Lipinski definition) is 0. The van der Waals surface area contributed by atoms with Gasteiger partial charge in [0.2, 0.25) is 0 Å². The molecule has 12 heavy (non-hydrogen) atoms. The van der Waals surface area contributed by atoms with Crippen molar-refractivity contribution < 1.29 is 0 Å². The molecular weight excluding hydrogens is 191 g/mol. The van der Waals surface area contributed by atoms with E-state index in [0.717, 1.165) is 12.8 Å². The Hall–Kier alpha value is 0.580. The highest BCUT2D eigenvalue weighted by Crippen LogP contribution is 2.42. The van der Waals surface area contributed by atoms with Crippen LogP contribution in [0.25, 0.3) is 0 Å². The van der Waals surface area contributed by atoms with Crippen molar-refractivity contribution >= 4 is 23.2 Å². The molecule has 1 fully saturated rings. The van der Waals surface area contributed by atoms with Crippen LogP contribution in [0.15, 0.2) is 0 Å². The second-order valence-corrected chi connectivity index (χ2v) is 5.39. The minimum Gasteiger partial charge on any atom is -0.101 e. The molecule has 0 aliphatic heterocycles. The topological polar surface area (TPSA) is 0 Å². The highest BCUT2D eigenvalue weighted by Gasteiger charge is 2.34. The summed E-state index contributed by atoms with van der Waals surface area (Å²) in [5.74, 6) is 0.550. The van der Waals surface area contributed by atoms with E-state index in [-0.39, 0.29) is 0 Å². The molecule has 1 saturated carbocycles. The zero-order chi connectivity index (χ0) is 9.03. The summed E-state index contributed by atoms with van der Waals surface area (Å²) in [6.45, 7) is 2.14. The lowest BCUT2D eigenvalue weighted by Gasteiger charge is -2.32. The minimum atomic E-state index is -0.435. The maximum Gasteiger partial charge on any atom is 0.121 e. The molecular formula is C10H18Cl2. The van der Waals surface area contributed by atoms with Crippen LogP contribution in [-0.2, 0) is 0 Å². The van der Waals surface area contributed by atoms with Crippen molar-refractivity contribution in [2.24, 2.45) is 5.92 Å². The smallest absolute Gasteiger partial charge is 0.101 e. The lowest BCUT2D eigenvalue weighted by Crippen LogP contribution is -2.27. The first-order valence-electron chi connectivity index (χ1n) is 5.04. The molecule has 0 aromatic rings. The van der Waals surface area contributed by atoms with Crippen LogP contribution in [0.3, 0.4) is 0 Å². The lowest BCUT2D eigenvalue weighted by molar-refractivity contribution is 0.315. The van der Waals surface area contributed by atoms with Crippen molar-refractivity contribution in [1.82, 2.24) is 0 Å². The van der Waals surface area contributed by atoms with E-state index in [1.807, 2.05) is 0 Å². The van der Waals surface area contributed by atoms with Crippen LogP contribution < -0.4 is 0 Å². The zero-order valence-electron chi connectivity index (χ0n) is 7.78. The van der Waals surface area contributed by atoms with E-state index < -0.39 is 4.33 Å². The first kappa shape index (κ1) is 10.7. The van der Waals surface area contributed by atoms with E-state index in [0.29, 0.717) is 5.92 Å². The zero-order valence-corrected chi connectivity index (χ0v) is 9.29. The molecule has 0 spiro atoms. The number of alkyl halides is 2. The van der Waals surface area contributed by atoms with Gasteiger partial charge in [-0.2, -0.15) is 0 Å². The SMILES string of the molecule is CCCC(Cl)(Cl)C1CCCCC1. The Morgan fingerprint density at radius 3 is 2.25 bits per heavy atom. The van der Waals surface area contributed by atoms with Gasteiger partial charge >= 0.3 is 0 Å². The second-order valence-electron chi connectivity index (χ2n) is 3.85. The quantitative estimate of drug-likeness (QED) is 0.598. The molecule has 0 aromatic carbocycles. The van der Waals surface area contributed by atoms with Crippen molar-refractivity contribution in [1.29, 1.82) is 0 Å². The summed E-state index contributed by atoms with van der Waals surface area (Å²) in [4.78, 5) is 0. The molecule has 0 atom stereocenters. The highest BCUT2D eigenvalue weighted by atomic mass is 35.5. The summed E-state index contributed by atoms with van der Waals surface area (Å²) in [7, 11) is 0. The maximum absolute atomic E-state index is 6.28. The monoisotopic (exact) mass is 208 g/mol. The Morgan fingerprint density at radius 2 is 1.75 bits per heavy atom. The summed E-state index contributed by atoms with van der Waals surface area (Å²) in [6.07, 6.45) is 8.49. The fourth-order valence-corrected chi connectivity index (χ4v) is 2.88. The Bertz CT molecular complexity index is 126. The summed E-state index contributed by atoms with van der Waals surface area (Å²) < 4.78 is -0.435. The van der Waals surface area contributed by atoms with Crippen LogP contribution in [0.4, 0.5) is 0 Å². The normalized spacial score (nSPS) is 21.2. The summed E-state index contributed by atoms with van der Waals surface area (Å²) in [6, 6.07) is 0. The van der Waals surface area contributed by atoms with Crippen LogP contribution >= 0.6 is 23.2 Å². The van der Waals surface area contributed by atoms with Crippen LogP contribution in [0.2, 0.25) is 0 Å². The summed E-state index contributed by atoms with van der Waals surface area (Å²) in [5.41, 5.74) is 0. The van der Waals surface area contributed by atoms with Gasteiger partial charge in [-0.15, -0.1) is 23.2 Å². The number of halogens is 2. The molecule has 1 aliphatic carbocycles. The van der Waals surface area contributed by atoms with Crippen LogP contribution in [0.1, 0.15) is 51.9 Å². The van der Waals surface area contributed by atoms with Crippen LogP contribution in [0, 0.1) is 5.92 Å². The van der Waals surface area contributed by atoms with E-state index in [1.165, 1.54) is 32.1 Å². The Kier molecular flexibility index (Phi) is 4.19. The Balaban J connectivity index is 2.41. The van der Waals surface area contributed by atoms with Crippen LogP contribution in [-0.4, -0.2) is 4.33 Å². The van der Waals surface area contributed by atoms with Gasteiger partial charge in [-0.3, -0.25) is 0 Å². The molecule has 0 amide bonds.